The molecule has 4 unspecified atom stereocenters. The van der Waals surface area contributed by atoms with Gasteiger partial charge in [0.05, 0.1) is 6.61 Å². The third-order valence-electron chi connectivity index (χ3n) is 4.64. The van der Waals surface area contributed by atoms with Gasteiger partial charge in [-0.25, -0.2) is 0 Å². The number of hydrogen-bond donors (Lipinski definition) is 0. The number of ether oxygens (including phenoxy) is 1. The Morgan fingerprint density at radius 2 is 2.11 bits per heavy atom. The van der Waals surface area contributed by atoms with Crippen molar-refractivity contribution in [2.45, 2.75) is 47.3 Å². The molecule has 1 fully saturated rings. The minimum absolute atomic E-state index is 0.344. The lowest BCUT2D eigenvalue weighted by molar-refractivity contribution is -0.0144. The Labute approximate surface area is 112 Å². The lowest BCUT2D eigenvalue weighted by Crippen LogP contribution is -2.41. The van der Waals surface area contributed by atoms with E-state index in [-0.39, 0.29) is 0 Å². The molecule has 1 aliphatic heterocycles. The Hall–Kier alpha value is -0.340. The summed E-state index contributed by atoms with van der Waals surface area (Å²) in [6, 6.07) is 0. The standard InChI is InChI=1S/C16H29NO/c1-11(2)16-17(6-7-18-16)10-15-13(4)8-12(3)9-14(15)5/h8,11,13-16H,6-7,9-10H2,1-5H3. The quantitative estimate of drug-likeness (QED) is 0.711. The van der Waals surface area contributed by atoms with Crippen LogP contribution in [0.2, 0.25) is 0 Å². The molecule has 2 rings (SSSR count). The van der Waals surface area contributed by atoms with E-state index in [1.54, 1.807) is 5.57 Å². The van der Waals surface area contributed by atoms with Crippen molar-refractivity contribution in [3.8, 4) is 0 Å². The maximum Gasteiger partial charge on any atom is 0.113 e. The number of allylic oxidation sites excluding steroid dienone is 2. The molecule has 0 N–H and O–H groups in total. The van der Waals surface area contributed by atoms with E-state index in [0.717, 1.165) is 25.0 Å². The van der Waals surface area contributed by atoms with Gasteiger partial charge in [-0.2, -0.15) is 0 Å². The third kappa shape index (κ3) is 2.97. The van der Waals surface area contributed by atoms with Gasteiger partial charge in [0, 0.05) is 13.1 Å². The monoisotopic (exact) mass is 251 g/mol. The van der Waals surface area contributed by atoms with Crippen LogP contribution in [-0.2, 0) is 4.74 Å². The van der Waals surface area contributed by atoms with Crippen molar-refractivity contribution >= 4 is 0 Å². The first-order valence-electron chi connectivity index (χ1n) is 7.52. The van der Waals surface area contributed by atoms with E-state index in [1.165, 1.54) is 13.0 Å². The van der Waals surface area contributed by atoms with Crippen molar-refractivity contribution in [1.29, 1.82) is 0 Å². The fourth-order valence-electron chi connectivity index (χ4n) is 3.77. The minimum Gasteiger partial charge on any atom is -0.362 e. The van der Waals surface area contributed by atoms with Gasteiger partial charge in [0.25, 0.3) is 0 Å². The normalized spacial score (nSPS) is 38.2. The van der Waals surface area contributed by atoms with Gasteiger partial charge in [0.1, 0.15) is 6.23 Å². The zero-order chi connectivity index (χ0) is 13.3. The van der Waals surface area contributed by atoms with Gasteiger partial charge in [0.15, 0.2) is 0 Å². The van der Waals surface area contributed by atoms with Gasteiger partial charge < -0.3 is 4.74 Å². The fourth-order valence-corrected chi connectivity index (χ4v) is 3.77. The van der Waals surface area contributed by atoms with Gasteiger partial charge >= 0.3 is 0 Å². The van der Waals surface area contributed by atoms with Gasteiger partial charge in [-0.1, -0.05) is 39.3 Å². The highest BCUT2D eigenvalue weighted by atomic mass is 16.5. The van der Waals surface area contributed by atoms with Crippen molar-refractivity contribution in [2.75, 3.05) is 19.7 Å². The summed E-state index contributed by atoms with van der Waals surface area (Å²) in [6.45, 7) is 14.8. The van der Waals surface area contributed by atoms with Crippen molar-refractivity contribution in [2.24, 2.45) is 23.7 Å². The summed E-state index contributed by atoms with van der Waals surface area (Å²) in [6.07, 6.45) is 4.10. The second kappa shape index (κ2) is 5.75. The summed E-state index contributed by atoms with van der Waals surface area (Å²) < 4.78 is 5.87. The first-order valence-corrected chi connectivity index (χ1v) is 7.52. The maximum atomic E-state index is 5.87. The van der Waals surface area contributed by atoms with Crippen LogP contribution >= 0.6 is 0 Å². The largest absolute Gasteiger partial charge is 0.362 e. The lowest BCUT2D eigenvalue weighted by Gasteiger charge is -2.37. The van der Waals surface area contributed by atoms with Crippen molar-refractivity contribution in [1.82, 2.24) is 4.90 Å². The maximum absolute atomic E-state index is 5.87. The highest BCUT2D eigenvalue weighted by molar-refractivity contribution is 5.08. The van der Waals surface area contributed by atoms with E-state index in [9.17, 15) is 0 Å². The highest BCUT2D eigenvalue weighted by Gasteiger charge is 2.34. The molecular formula is C16H29NO. The average molecular weight is 251 g/mol. The average Bonchev–Trinajstić information content (AvgIpc) is 2.71. The van der Waals surface area contributed by atoms with Gasteiger partial charge in [-0.3, -0.25) is 4.90 Å². The zero-order valence-electron chi connectivity index (χ0n) is 12.6. The molecule has 0 spiro atoms. The Balaban J connectivity index is 2.00. The molecule has 0 radical (unpaired) electrons. The molecule has 18 heavy (non-hydrogen) atoms. The van der Waals surface area contributed by atoms with Crippen LogP contribution in [0.5, 0.6) is 0 Å². The topological polar surface area (TPSA) is 12.5 Å². The van der Waals surface area contributed by atoms with E-state index >= 15 is 0 Å². The summed E-state index contributed by atoms with van der Waals surface area (Å²) in [5.41, 5.74) is 1.57. The second-order valence-corrected chi connectivity index (χ2v) is 6.72. The van der Waals surface area contributed by atoms with Gasteiger partial charge in [0.2, 0.25) is 0 Å². The summed E-state index contributed by atoms with van der Waals surface area (Å²) >= 11 is 0. The zero-order valence-corrected chi connectivity index (χ0v) is 12.6. The predicted octanol–water partition coefficient (Wildman–Crippen LogP) is 3.54. The molecular weight excluding hydrogens is 222 g/mol. The Kier molecular flexibility index (Phi) is 4.50. The van der Waals surface area contributed by atoms with Crippen LogP contribution < -0.4 is 0 Å². The molecule has 0 amide bonds. The second-order valence-electron chi connectivity index (χ2n) is 6.72. The molecule has 0 aromatic heterocycles. The van der Waals surface area contributed by atoms with Crippen molar-refractivity contribution in [3.63, 3.8) is 0 Å². The predicted molar refractivity (Wildman–Crippen MR) is 76.3 cm³/mol. The van der Waals surface area contributed by atoms with Gasteiger partial charge in [-0.15, -0.1) is 0 Å². The van der Waals surface area contributed by atoms with Crippen molar-refractivity contribution < 1.29 is 4.74 Å². The molecule has 4 atom stereocenters. The number of rotatable bonds is 3. The molecule has 0 saturated carbocycles. The molecule has 0 aromatic carbocycles. The van der Waals surface area contributed by atoms with E-state index in [2.05, 4.69) is 45.6 Å². The van der Waals surface area contributed by atoms with Crippen molar-refractivity contribution in [3.05, 3.63) is 11.6 Å². The smallest absolute Gasteiger partial charge is 0.113 e. The Morgan fingerprint density at radius 3 is 2.72 bits per heavy atom. The SMILES string of the molecule is CC1=CC(C)C(CN2CCOC2C(C)C)C(C)C1. The van der Waals surface area contributed by atoms with Crippen LogP contribution in [0.15, 0.2) is 11.6 Å². The fraction of sp³-hybridized carbons (Fsp3) is 0.875. The lowest BCUT2D eigenvalue weighted by atomic mass is 9.74. The summed E-state index contributed by atoms with van der Waals surface area (Å²) in [4.78, 5) is 2.57. The first kappa shape index (κ1) is 14.1. The summed E-state index contributed by atoms with van der Waals surface area (Å²) in [5.74, 6) is 2.90. The molecule has 104 valence electrons. The van der Waals surface area contributed by atoms with Crippen LogP contribution in [0.3, 0.4) is 0 Å². The minimum atomic E-state index is 0.344. The van der Waals surface area contributed by atoms with Crippen LogP contribution in [0.25, 0.3) is 0 Å². The molecule has 1 saturated heterocycles. The van der Waals surface area contributed by atoms with E-state index in [1.807, 2.05) is 0 Å². The van der Waals surface area contributed by atoms with E-state index in [4.69, 9.17) is 4.74 Å². The summed E-state index contributed by atoms with van der Waals surface area (Å²) in [5, 5.41) is 0. The van der Waals surface area contributed by atoms with Crippen LogP contribution in [-0.4, -0.2) is 30.8 Å². The molecule has 0 aromatic rings. The molecule has 2 heteroatoms. The first-order chi connectivity index (χ1) is 8.49. The van der Waals surface area contributed by atoms with Crippen LogP contribution in [0.1, 0.15) is 41.0 Å². The molecule has 2 aliphatic rings. The number of hydrogen-bond acceptors (Lipinski definition) is 2. The summed E-state index contributed by atoms with van der Waals surface area (Å²) in [7, 11) is 0. The van der Waals surface area contributed by atoms with E-state index in [0.29, 0.717) is 18.1 Å². The Morgan fingerprint density at radius 1 is 1.39 bits per heavy atom. The van der Waals surface area contributed by atoms with E-state index < -0.39 is 0 Å². The molecule has 0 bridgehead atoms. The number of nitrogens with zero attached hydrogens (tertiary/aromatic N) is 1. The third-order valence-corrected chi connectivity index (χ3v) is 4.64. The molecule has 1 aliphatic carbocycles. The Bertz CT molecular complexity index is 310. The van der Waals surface area contributed by atoms with Crippen LogP contribution in [0.4, 0.5) is 0 Å². The molecule has 1 heterocycles. The van der Waals surface area contributed by atoms with Crippen LogP contribution in [0, 0.1) is 23.7 Å². The van der Waals surface area contributed by atoms with Gasteiger partial charge in [-0.05, 0) is 37.0 Å². The highest BCUT2D eigenvalue weighted by Crippen LogP contribution is 2.35. The molecule has 2 nitrogen and oxygen atoms in total.